The number of hydrogen-bond acceptors (Lipinski definition) is 4. The van der Waals surface area contributed by atoms with Gasteiger partial charge in [0.05, 0.1) is 0 Å². The van der Waals surface area contributed by atoms with Gasteiger partial charge in [0.15, 0.2) is 0 Å². The van der Waals surface area contributed by atoms with Crippen LogP contribution in [0.2, 0.25) is 0 Å². The zero-order chi connectivity index (χ0) is 10.6. The van der Waals surface area contributed by atoms with Gasteiger partial charge < -0.3 is 0 Å². The van der Waals surface area contributed by atoms with E-state index in [1.165, 1.54) is 5.48 Å². The van der Waals surface area contributed by atoms with Gasteiger partial charge in [-0.3, -0.25) is 14.8 Å². The van der Waals surface area contributed by atoms with Gasteiger partial charge in [-0.2, -0.15) is 0 Å². The zero-order valence-corrected chi connectivity index (χ0v) is 9.26. The molecule has 1 amide bonds. The van der Waals surface area contributed by atoms with Crippen LogP contribution in [-0.4, -0.2) is 15.6 Å². The predicted molar refractivity (Wildman–Crippen MR) is 56.4 cm³/mol. The Kier molecular flexibility index (Phi) is 4.12. The van der Waals surface area contributed by atoms with Gasteiger partial charge in [-0.25, -0.2) is 5.48 Å². The quantitative estimate of drug-likeness (QED) is 0.610. The van der Waals surface area contributed by atoms with Crippen molar-refractivity contribution in [2.45, 2.75) is 0 Å². The average molecular weight is 276 g/mol. The lowest BCUT2D eigenvalue weighted by atomic mass is 10.2. The first-order valence-corrected chi connectivity index (χ1v) is 5.16. The maximum absolute atomic E-state index is 11.3. The monoisotopic (exact) mass is 275 g/mol. The van der Waals surface area contributed by atoms with Gasteiger partial charge in [-0.05, 0) is 24.3 Å². The number of thioether (sulfide) groups is 1. The number of halogens is 1. The van der Waals surface area contributed by atoms with Crippen LogP contribution < -0.4 is 5.48 Å². The normalized spacial score (nSPS) is 9.57. The maximum Gasteiger partial charge on any atom is 0.310 e. The molecule has 0 radical (unpaired) electrons. The Bertz CT molecular complexity index is 352. The highest BCUT2D eigenvalue weighted by atomic mass is 79.9. The van der Waals surface area contributed by atoms with E-state index < -0.39 is 10.4 Å². The fourth-order valence-electron chi connectivity index (χ4n) is 0.752. The van der Waals surface area contributed by atoms with E-state index in [0.717, 1.165) is 4.47 Å². The van der Waals surface area contributed by atoms with Crippen LogP contribution >= 0.6 is 27.7 Å². The smallest absolute Gasteiger partial charge is 0.288 e. The minimum atomic E-state index is -0.794. The van der Waals surface area contributed by atoms with Crippen molar-refractivity contribution in [2.24, 2.45) is 0 Å². The molecule has 6 heteroatoms. The number of benzene rings is 1. The third-order valence-electron chi connectivity index (χ3n) is 1.36. The third-order valence-corrected chi connectivity index (χ3v) is 2.58. The molecule has 0 saturated carbocycles. The minimum absolute atomic E-state index is 0.404. The number of rotatable bonds is 1. The van der Waals surface area contributed by atoms with Crippen LogP contribution in [-0.2, 0) is 0 Å². The lowest BCUT2D eigenvalue weighted by Gasteiger charge is -1.98. The molecule has 4 nitrogen and oxygen atoms in total. The van der Waals surface area contributed by atoms with Crippen molar-refractivity contribution >= 4 is 38.0 Å². The molecule has 0 unspecified atom stereocenters. The van der Waals surface area contributed by atoms with Crippen molar-refractivity contribution in [3.05, 3.63) is 34.3 Å². The molecule has 0 aliphatic rings. The summed E-state index contributed by atoms with van der Waals surface area (Å²) in [6.07, 6.45) is 0. The summed E-state index contributed by atoms with van der Waals surface area (Å²) in [5.74, 6) is 0. The molecule has 0 atom stereocenters. The summed E-state index contributed by atoms with van der Waals surface area (Å²) in [4.78, 5) is 21.9. The SMILES string of the molecule is O=C(NO)SC(=O)c1ccc(Br)cc1. The summed E-state index contributed by atoms with van der Waals surface area (Å²) < 4.78 is 0.852. The van der Waals surface area contributed by atoms with E-state index in [1.54, 1.807) is 24.3 Å². The lowest BCUT2D eigenvalue weighted by Crippen LogP contribution is -2.14. The molecule has 0 heterocycles. The van der Waals surface area contributed by atoms with E-state index in [4.69, 9.17) is 5.21 Å². The van der Waals surface area contributed by atoms with Crippen molar-refractivity contribution in [2.75, 3.05) is 0 Å². The predicted octanol–water partition coefficient (Wildman–Crippen LogP) is 2.42. The topological polar surface area (TPSA) is 66.4 Å². The fourth-order valence-corrected chi connectivity index (χ4v) is 1.48. The molecule has 0 aliphatic heterocycles. The first-order chi connectivity index (χ1) is 6.63. The highest BCUT2D eigenvalue weighted by molar-refractivity contribution is 9.10. The molecule has 1 aromatic rings. The summed E-state index contributed by atoms with van der Waals surface area (Å²) in [7, 11) is 0. The maximum atomic E-state index is 11.3. The fraction of sp³-hybridized carbons (Fsp3) is 0. The second-order valence-corrected chi connectivity index (χ2v) is 4.16. The average Bonchev–Trinajstić information content (AvgIpc) is 2.18. The van der Waals surface area contributed by atoms with E-state index in [1.807, 2.05) is 0 Å². The van der Waals surface area contributed by atoms with Crippen molar-refractivity contribution in [1.82, 2.24) is 5.48 Å². The number of carbonyl (C=O) groups is 2. The van der Waals surface area contributed by atoms with Crippen LogP contribution in [0.15, 0.2) is 28.7 Å². The Labute approximate surface area is 92.8 Å². The molecular formula is C8H6BrNO3S. The molecule has 14 heavy (non-hydrogen) atoms. The van der Waals surface area contributed by atoms with Crippen LogP contribution in [0.3, 0.4) is 0 Å². The van der Waals surface area contributed by atoms with Gasteiger partial charge in [-0.1, -0.05) is 15.9 Å². The van der Waals surface area contributed by atoms with Crippen molar-refractivity contribution < 1.29 is 14.8 Å². The Morgan fingerprint density at radius 1 is 1.29 bits per heavy atom. The molecule has 2 N–H and O–H groups in total. The second kappa shape index (κ2) is 5.14. The molecule has 74 valence electrons. The Balaban J connectivity index is 2.70. The molecule has 1 aromatic carbocycles. The van der Waals surface area contributed by atoms with Crippen LogP contribution in [0, 0.1) is 0 Å². The van der Waals surface area contributed by atoms with Crippen molar-refractivity contribution in [3.8, 4) is 0 Å². The molecular weight excluding hydrogens is 270 g/mol. The molecule has 0 spiro atoms. The molecule has 0 fully saturated rings. The lowest BCUT2D eigenvalue weighted by molar-refractivity contribution is 0.108. The van der Waals surface area contributed by atoms with E-state index in [9.17, 15) is 9.59 Å². The zero-order valence-electron chi connectivity index (χ0n) is 6.86. The van der Waals surface area contributed by atoms with Crippen LogP contribution in [0.5, 0.6) is 0 Å². The minimum Gasteiger partial charge on any atom is -0.288 e. The largest absolute Gasteiger partial charge is 0.310 e. The Hall–Kier alpha value is -0.850. The summed E-state index contributed by atoms with van der Waals surface area (Å²) in [5, 5.41) is 6.99. The molecule has 0 bridgehead atoms. The van der Waals surface area contributed by atoms with E-state index in [0.29, 0.717) is 17.3 Å². The van der Waals surface area contributed by atoms with Crippen LogP contribution in [0.25, 0.3) is 0 Å². The van der Waals surface area contributed by atoms with Crippen molar-refractivity contribution in [3.63, 3.8) is 0 Å². The Morgan fingerprint density at radius 2 is 1.86 bits per heavy atom. The number of amides is 1. The number of hydroxylamine groups is 1. The Morgan fingerprint density at radius 3 is 2.36 bits per heavy atom. The number of nitrogens with one attached hydrogen (secondary N) is 1. The molecule has 0 aliphatic carbocycles. The van der Waals surface area contributed by atoms with Crippen molar-refractivity contribution in [1.29, 1.82) is 0 Å². The van der Waals surface area contributed by atoms with Crippen LogP contribution in [0.4, 0.5) is 4.79 Å². The van der Waals surface area contributed by atoms with E-state index in [2.05, 4.69) is 15.9 Å². The summed E-state index contributed by atoms with van der Waals surface area (Å²) in [5.41, 5.74) is 1.78. The van der Waals surface area contributed by atoms with E-state index >= 15 is 0 Å². The number of hydrogen-bond donors (Lipinski definition) is 2. The third kappa shape index (κ3) is 3.13. The highest BCUT2D eigenvalue weighted by Gasteiger charge is 2.11. The summed E-state index contributed by atoms with van der Waals surface area (Å²) >= 11 is 3.63. The first kappa shape index (κ1) is 11.2. The van der Waals surface area contributed by atoms with Gasteiger partial charge in [0.2, 0.25) is 5.12 Å². The van der Waals surface area contributed by atoms with Crippen LogP contribution in [0.1, 0.15) is 10.4 Å². The van der Waals surface area contributed by atoms with Gasteiger partial charge in [-0.15, -0.1) is 0 Å². The standard InChI is InChI=1S/C8H6BrNO3S/c9-6-3-1-5(2-4-6)7(11)14-8(12)10-13/h1-4,13H,(H,10,12). The second-order valence-electron chi connectivity index (χ2n) is 2.30. The van der Waals surface area contributed by atoms with Gasteiger partial charge in [0, 0.05) is 21.8 Å². The summed E-state index contributed by atoms with van der Waals surface area (Å²) in [6.45, 7) is 0. The number of carbonyl (C=O) groups excluding carboxylic acids is 2. The van der Waals surface area contributed by atoms with Gasteiger partial charge in [0.1, 0.15) is 0 Å². The van der Waals surface area contributed by atoms with Gasteiger partial charge >= 0.3 is 5.24 Å². The van der Waals surface area contributed by atoms with Gasteiger partial charge in [0.25, 0.3) is 0 Å². The first-order valence-electron chi connectivity index (χ1n) is 3.55. The molecule has 0 aromatic heterocycles. The molecule has 1 rings (SSSR count). The molecule has 0 saturated heterocycles. The highest BCUT2D eigenvalue weighted by Crippen LogP contribution is 2.16. The summed E-state index contributed by atoms with van der Waals surface area (Å²) in [6, 6.07) is 6.57. The van der Waals surface area contributed by atoms with E-state index in [-0.39, 0.29) is 0 Å².